The predicted molar refractivity (Wildman–Crippen MR) is 108 cm³/mol. The second-order valence-corrected chi connectivity index (χ2v) is 7.49. The molecule has 2 fully saturated rings. The molecule has 2 aliphatic heterocycles. The number of nitrogens with zero attached hydrogens (tertiary/aromatic N) is 2. The van der Waals surface area contributed by atoms with Crippen LogP contribution < -0.4 is 15.4 Å². The Balaban J connectivity index is 1.28. The average molecular weight is 389 g/mol. The summed E-state index contributed by atoms with van der Waals surface area (Å²) >= 11 is 0. The van der Waals surface area contributed by atoms with Crippen molar-refractivity contribution >= 4 is 11.8 Å². The Bertz CT molecular complexity index is 611. The van der Waals surface area contributed by atoms with E-state index in [0.29, 0.717) is 18.8 Å². The van der Waals surface area contributed by atoms with E-state index in [9.17, 15) is 9.59 Å². The van der Waals surface area contributed by atoms with Gasteiger partial charge in [-0.25, -0.2) is 0 Å². The van der Waals surface area contributed by atoms with Crippen molar-refractivity contribution in [3.63, 3.8) is 0 Å². The first-order chi connectivity index (χ1) is 13.7. The fraction of sp³-hybridized carbons (Fsp3) is 0.619. The van der Waals surface area contributed by atoms with Gasteiger partial charge in [0.1, 0.15) is 5.75 Å². The molecule has 0 spiro atoms. The third-order valence-electron chi connectivity index (χ3n) is 5.48. The van der Waals surface area contributed by atoms with Gasteiger partial charge in [0.2, 0.25) is 5.91 Å². The van der Waals surface area contributed by atoms with Gasteiger partial charge in [-0.2, -0.15) is 0 Å². The molecule has 0 unspecified atom stereocenters. The lowest BCUT2D eigenvalue weighted by molar-refractivity contribution is -0.137. The number of benzene rings is 1. The van der Waals surface area contributed by atoms with Gasteiger partial charge in [-0.15, -0.1) is 0 Å². The van der Waals surface area contributed by atoms with Gasteiger partial charge in [-0.05, 0) is 37.9 Å². The molecule has 0 atom stereocenters. The molecule has 0 aromatic heterocycles. The molecule has 2 heterocycles. The van der Waals surface area contributed by atoms with Crippen LogP contribution in [0.4, 0.5) is 0 Å². The number of para-hydroxylation sites is 1. The molecular formula is C21H32N4O3. The van der Waals surface area contributed by atoms with Gasteiger partial charge in [0.15, 0.2) is 6.61 Å². The number of piperazine rings is 1. The minimum atomic E-state index is -0.0151. The molecule has 1 aromatic carbocycles. The molecular weight excluding hydrogens is 356 g/mol. The van der Waals surface area contributed by atoms with Crippen molar-refractivity contribution < 1.29 is 14.3 Å². The first-order valence-corrected chi connectivity index (χ1v) is 10.4. The van der Waals surface area contributed by atoms with E-state index in [1.807, 2.05) is 30.3 Å². The third kappa shape index (κ3) is 6.49. The summed E-state index contributed by atoms with van der Waals surface area (Å²) in [7, 11) is 0. The van der Waals surface area contributed by atoms with Crippen LogP contribution in [0.25, 0.3) is 0 Å². The number of hydrogen-bond donors (Lipinski definition) is 2. The molecule has 28 heavy (non-hydrogen) atoms. The highest BCUT2D eigenvalue weighted by Gasteiger charge is 2.27. The lowest BCUT2D eigenvalue weighted by Gasteiger charge is -2.31. The number of rotatable bonds is 8. The molecule has 154 valence electrons. The highest BCUT2D eigenvalue weighted by molar-refractivity contribution is 5.80. The Kier molecular flexibility index (Phi) is 8.11. The Morgan fingerprint density at radius 1 is 1.07 bits per heavy atom. The number of nitrogens with one attached hydrogen (secondary N) is 2. The first-order valence-electron chi connectivity index (χ1n) is 10.4. The predicted octanol–water partition coefficient (Wildman–Crippen LogP) is 0.716. The molecule has 2 aliphatic rings. The van der Waals surface area contributed by atoms with E-state index in [1.54, 1.807) is 4.90 Å². The summed E-state index contributed by atoms with van der Waals surface area (Å²) in [5.74, 6) is 0.830. The molecule has 0 saturated carbocycles. The average Bonchev–Trinajstić information content (AvgIpc) is 2.76. The number of likely N-dealkylation sites (tertiary alicyclic amines) is 1. The van der Waals surface area contributed by atoms with Crippen LogP contribution in [0, 0.1) is 5.92 Å². The Hall–Kier alpha value is -2.12. The molecule has 2 N–H and O–H groups in total. The summed E-state index contributed by atoms with van der Waals surface area (Å²) in [5, 5.41) is 6.42. The van der Waals surface area contributed by atoms with Crippen molar-refractivity contribution in [1.29, 1.82) is 0 Å². The van der Waals surface area contributed by atoms with Crippen LogP contribution in [0.1, 0.15) is 19.3 Å². The Morgan fingerprint density at radius 3 is 2.50 bits per heavy atom. The lowest BCUT2D eigenvalue weighted by Crippen LogP contribution is -2.45. The van der Waals surface area contributed by atoms with E-state index in [1.165, 1.54) is 0 Å². The number of ether oxygens (including phenoxy) is 1. The maximum absolute atomic E-state index is 12.4. The lowest BCUT2D eigenvalue weighted by atomic mass is 9.96. The van der Waals surface area contributed by atoms with E-state index in [4.69, 9.17) is 4.74 Å². The van der Waals surface area contributed by atoms with E-state index >= 15 is 0 Å². The Morgan fingerprint density at radius 2 is 1.79 bits per heavy atom. The minimum Gasteiger partial charge on any atom is -0.484 e. The van der Waals surface area contributed by atoms with Crippen LogP contribution in [0.3, 0.4) is 0 Å². The monoisotopic (exact) mass is 388 g/mol. The molecule has 7 heteroatoms. The summed E-state index contributed by atoms with van der Waals surface area (Å²) in [6.45, 7) is 7.35. The highest BCUT2D eigenvalue weighted by atomic mass is 16.5. The number of carbonyl (C=O) groups excluding carboxylic acids is 2. The molecule has 0 bridgehead atoms. The van der Waals surface area contributed by atoms with Crippen LogP contribution in [-0.2, 0) is 9.59 Å². The standard InChI is InChI=1S/C21H32N4O3/c26-20(17-28-19-5-2-1-3-6-19)25-13-7-18(8-14-25)21(27)23-9-4-12-24-15-10-22-11-16-24/h1-3,5-6,18,22H,4,7-17H2,(H,23,27). The van der Waals surface area contributed by atoms with Crippen molar-refractivity contribution in [1.82, 2.24) is 20.4 Å². The quantitative estimate of drug-likeness (QED) is 0.642. The maximum atomic E-state index is 12.4. The minimum absolute atomic E-state index is 0.0123. The summed E-state index contributed by atoms with van der Waals surface area (Å²) in [5.41, 5.74) is 0. The van der Waals surface area contributed by atoms with Crippen molar-refractivity contribution in [3.8, 4) is 5.75 Å². The van der Waals surface area contributed by atoms with Crippen LogP contribution in [0.15, 0.2) is 30.3 Å². The maximum Gasteiger partial charge on any atom is 0.260 e. The molecule has 0 aliphatic carbocycles. The van der Waals surface area contributed by atoms with E-state index in [0.717, 1.165) is 58.5 Å². The van der Waals surface area contributed by atoms with Crippen LogP contribution in [0.5, 0.6) is 5.75 Å². The molecule has 2 amide bonds. The zero-order valence-electron chi connectivity index (χ0n) is 16.6. The van der Waals surface area contributed by atoms with E-state index in [2.05, 4.69) is 15.5 Å². The van der Waals surface area contributed by atoms with Crippen LogP contribution in [-0.4, -0.2) is 80.6 Å². The normalized spacial score (nSPS) is 18.6. The molecule has 7 nitrogen and oxygen atoms in total. The number of piperidine rings is 1. The number of hydrogen-bond acceptors (Lipinski definition) is 5. The molecule has 0 radical (unpaired) electrons. The van der Waals surface area contributed by atoms with Crippen molar-refractivity contribution in [2.24, 2.45) is 5.92 Å². The number of carbonyl (C=O) groups is 2. The highest BCUT2D eigenvalue weighted by Crippen LogP contribution is 2.18. The van der Waals surface area contributed by atoms with Crippen LogP contribution >= 0.6 is 0 Å². The fourth-order valence-electron chi connectivity index (χ4n) is 3.74. The van der Waals surface area contributed by atoms with Gasteiger partial charge < -0.3 is 25.2 Å². The van der Waals surface area contributed by atoms with Gasteiger partial charge in [-0.1, -0.05) is 18.2 Å². The topological polar surface area (TPSA) is 73.9 Å². The van der Waals surface area contributed by atoms with Crippen LogP contribution in [0.2, 0.25) is 0 Å². The Labute approximate surface area is 167 Å². The summed E-state index contributed by atoms with van der Waals surface area (Å²) in [4.78, 5) is 28.9. The van der Waals surface area contributed by atoms with Crippen molar-refractivity contribution in [2.75, 3.05) is 59.0 Å². The van der Waals surface area contributed by atoms with Crippen molar-refractivity contribution in [3.05, 3.63) is 30.3 Å². The second-order valence-electron chi connectivity index (χ2n) is 7.49. The van der Waals surface area contributed by atoms with Gasteiger partial charge in [0.05, 0.1) is 0 Å². The zero-order chi connectivity index (χ0) is 19.6. The first kappa shape index (κ1) is 20.6. The largest absolute Gasteiger partial charge is 0.484 e. The molecule has 2 saturated heterocycles. The van der Waals surface area contributed by atoms with E-state index < -0.39 is 0 Å². The summed E-state index contributed by atoms with van der Waals surface area (Å²) in [6, 6.07) is 9.36. The fourth-order valence-corrected chi connectivity index (χ4v) is 3.74. The molecule has 1 aromatic rings. The van der Waals surface area contributed by atoms with E-state index in [-0.39, 0.29) is 24.3 Å². The van der Waals surface area contributed by atoms with Gasteiger partial charge in [0, 0.05) is 51.7 Å². The zero-order valence-corrected chi connectivity index (χ0v) is 16.6. The second kappa shape index (κ2) is 11.0. The van der Waals surface area contributed by atoms with Gasteiger partial charge >= 0.3 is 0 Å². The SMILES string of the molecule is O=C(NCCCN1CCNCC1)C1CCN(C(=O)COc2ccccc2)CC1. The molecule has 3 rings (SSSR count). The van der Waals surface area contributed by atoms with Crippen molar-refractivity contribution in [2.45, 2.75) is 19.3 Å². The van der Waals surface area contributed by atoms with Gasteiger partial charge in [-0.3, -0.25) is 9.59 Å². The summed E-state index contributed by atoms with van der Waals surface area (Å²) < 4.78 is 5.53. The summed E-state index contributed by atoms with van der Waals surface area (Å²) in [6.07, 6.45) is 2.43. The van der Waals surface area contributed by atoms with Gasteiger partial charge in [0.25, 0.3) is 5.91 Å². The smallest absolute Gasteiger partial charge is 0.260 e. The number of amides is 2. The third-order valence-corrected chi connectivity index (χ3v) is 5.48.